The van der Waals surface area contributed by atoms with E-state index in [0.29, 0.717) is 18.7 Å². The van der Waals surface area contributed by atoms with Gasteiger partial charge in [-0.1, -0.05) is 5.16 Å². The maximum absolute atomic E-state index is 10.9. The molecule has 13 heavy (non-hydrogen) atoms. The van der Waals surface area contributed by atoms with E-state index in [0.717, 1.165) is 0 Å². The molecule has 0 aromatic carbocycles. The molecule has 2 N–H and O–H groups in total. The lowest BCUT2D eigenvalue weighted by Crippen LogP contribution is -2.02. The summed E-state index contributed by atoms with van der Waals surface area (Å²) in [7, 11) is 1.29. The van der Waals surface area contributed by atoms with Crippen molar-refractivity contribution in [2.75, 3.05) is 13.7 Å². The summed E-state index contributed by atoms with van der Waals surface area (Å²) in [4.78, 5) is 10.9. The van der Waals surface area contributed by atoms with E-state index < -0.39 is 5.97 Å². The van der Waals surface area contributed by atoms with Crippen LogP contribution < -0.4 is 5.73 Å². The maximum Gasteiger partial charge on any atom is 0.360 e. The molecule has 0 aliphatic heterocycles. The van der Waals surface area contributed by atoms with Crippen molar-refractivity contribution >= 4 is 18.4 Å². The molecule has 0 spiro atoms. The van der Waals surface area contributed by atoms with Crippen molar-refractivity contribution in [1.82, 2.24) is 5.16 Å². The van der Waals surface area contributed by atoms with E-state index in [9.17, 15) is 4.79 Å². The van der Waals surface area contributed by atoms with Crippen LogP contribution in [-0.2, 0) is 11.2 Å². The third kappa shape index (κ3) is 3.04. The first-order valence-electron chi connectivity index (χ1n) is 3.52. The van der Waals surface area contributed by atoms with Gasteiger partial charge in [-0.25, -0.2) is 4.79 Å². The molecule has 1 heterocycles. The molecule has 0 amide bonds. The van der Waals surface area contributed by atoms with E-state index in [1.807, 2.05) is 0 Å². The zero-order chi connectivity index (χ0) is 8.97. The van der Waals surface area contributed by atoms with E-state index in [1.165, 1.54) is 13.2 Å². The number of carbonyl (C=O) groups is 1. The molecule has 74 valence electrons. The standard InChI is InChI=1S/C7H10N2O3.ClH/c1-11-7(10)6-4-5(2-3-8)12-9-6;/h4H,2-3,8H2,1H3;1H. The Morgan fingerprint density at radius 3 is 3.00 bits per heavy atom. The highest BCUT2D eigenvalue weighted by atomic mass is 35.5. The molecule has 1 aromatic heterocycles. The minimum absolute atomic E-state index is 0. The molecular formula is C7H11ClN2O3. The highest BCUT2D eigenvalue weighted by Crippen LogP contribution is 2.04. The van der Waals surface area contributed by atoms with E-state index in [2.05, 4.69) is 9.89 Å². The van der Waals surface area contributed by atoms with Crippen molar-refractivity contribution in [3.05, 3.63) is 17.5 Å². The van der Waals surface area contributed by atoms with Crippen LogP contribution in [0.5, 0.6) is 0 Å². The zero-order valence-electron chi connectivity index (χ0n) is 7.15. The van der Waals surface area contributed by atoms with Crippen molar-refractivity contribution in [1.29, 1.82) is 0 Å². The van der Waals surface area contributed by atoms with Crippen LogP contribution in [0, 0.1) is 0 Å². The van der Waals surface area contributed by atoms with Gasteiger partial charge in [-0.2, -0.15) is 0 Å². The number of hydrogen-bond donors (Lipinski definition) is 1. The number of nitrogens with two attached hydrogens (primary N) is 1. The summed E-state index contributed by atoms with van der Waals surface area (Å²) in [6.07, 6.45) is 0.573. The second-order valence-corrected chi connectivity index (χ2v) is 2.21. The lowest BCUT2D eigenvalue weighted by molar-refractivity contribution is 0.0589. The van der Waals surface area contributed by atoms with Crippen molar-refractivity contribution in [2.24, 2.45) is 5.73 Å². The molecule has 1 rings (SSSR count). The Kier molecular flexibility index (Phi) is 5.10. The van der Waals surface area contributed by atoms with Gasteiger partial charge in [0, 0.05) is 12.5 Å². The summed E-state index contributed by atoms with van der Waals surface area (Å²) < 4.78 is 9.23. The van der Waals surface area contributed by atoms with Crippen LogP contribution in [0.15, 0.2) is 10.6 Å². The average Bonchev–Trinajstić information content (AvgIpc) is 2.52. The zero-order valence-corrected chi connectivity index (χ0v) is 7.97. The lowest BCUT2D eigenvalue weighted by atomic mass is 10.3. The molecule has 0 unspecified atom stereocenters. The molecule has 0 atom stereocenters. The van der Waals surface area contributed by atoms with E-state index >= 15 is 0 Å². The molecule has 0 aliphatic carbocycles. The fourth-order valence-corrected chi connectivity index (χ4v) is 0.774. The fraction of sp³-hybridized carbons (Fsp3) is 0.429. The molecule has 0 radical (unpaired) electrons. The number of aromatic nitrogens is 1. The van der Waals surface area contributed by atoms with Crippen molar-refractivity contribution in [3.63, 3.8) is 0 Å². The van der Waals surface area contributed by atoms with E-state index in [4.69, 9.17) is 10.3 Å². The van der Waals surface area contributed by atoms with Gasteiger partial charge in [0.15, 0.2) is 5.69 Å². The number of ether oxygens (including phenoxy) is 1. The first-order chi connectivity index (χ1) is 5.77. The highest BCUT2D eigenvalue weighted by Gasteiger charge is 2.11. The van der Waals surface area contributed by atoms with Crippen molar-refractivity contribution < 1.29 is 14.1 Å². The number of hydrogen-bond acceptors (Lipinski definition) is 5. The van der Waals surface area contributed by atoms with Crippen LogP contribution in [0.1, 0.15) is 16.2 Å². The van der Waals surface area contributed by atoms with Crippen molar-refractivity contribution in [3.8, 4) is 0 Å². The normalized spacial score (nSPS) is 9.08. The number of rotatable bonds is 3. The van der Waals surface area contributed by atoms with Gasteiger partial charge >= 0.3 is 5.97 Å². The number of halogens is 1. The number of nitrogens with zero attached hydrogens (tertiary/aromatic N) is 1. The van der Waals surface area contributed by atoms with E-state index in [-0.39, 0.29) is 18.1 Å². The Bertz CT molecular complexity index is 274. The Labute approximate surface area is 81.6 Å². The number of carbonyl (C=O) groups excluding carboxylic acids is 1. The molecular weight excluding hydrogens is 196 g/mol. The minimum Gasteiger partial charge on any atom is -0.464 e. The molecule has 0 bridgehead atoms. The van der Waals surface area contributed by atoms with Gasteiger partial charge in [0.1, 0.15) is 5.76 Å². The number of esters is 1. The van der Waals surface area contributed by atoms with Gasteiger partial charge in [0.25, 0.3) is 0 Å². The summed E-state index contributed by atoms with van der Waals surface area (Å²) in [5.41, 5.74) is 5.46. The van der Waals surface area contributed by atoms with Crippen LogP contribution in [0.4, 0.5) is 0 Å². The Morgan fingerprint density at radius 1 is 1.77 bits per heavy atom. The Hall–Kier alpha value is -1.07. The summed E-state index contributed by atoms with van der Waals surface area (Å²) >= 11 is 0. The predicted octanol–water partition coefficient (Wildman–Crippen LogP) is 0.384. The first kappa shape index (κ1) is 11.9. The SMILES string of the molecule is COC(=O)c1cc(CCN)on1.Cl. The first-order valence-corrected chi connectivity index (χ1v) is 3.52. The van der Waals surface area contributed by atoms with Gasteiger partial charge in [-0.15, -0.1) is 12.4 Å². The fourth-order valence-electron chi connectivity index (χ4n) is 0.774. The monoisotopic (exact) mass is 206 g/mol. The topological polar surface area (TPSA) is 78.4 Å². The van der Waals surface area contributed by atoms with Gasteiger partial charge < -0.3 is 15.0 Å². The van der Waals surface area contributed by atoms with E-state index in [1.54, 1.807) is 0 Å². The second-order valence-electron chi connectivity index (χ2n) is 2.21. The van der Waals surface area contributed by atoms with Crippen LogP contribution in [0.25, 0.3) is 0 Å². The molecule has 0 fully saturated rings. The van der Waals surface area contributed by atoms with Gasteiger partial charge in [-0.3, -0.25) is 0 Å². The highest BCUT2D eigenvalue weighted by molar-refractivity contribution is 5.86. The van der Waals surface area contributed by atoms with Crippen LogP contribution in [-0.4, -0.2) is 24.8 Å². The summed E-state index contributed by atoms with van der Waals surface area (Å²) in [6.45, 7) is 0.468. The largest absolute Gasteiger partial charge is 0.464 e. The lowest BCUT2D eigenvalue weighted by Gasteiger charge is -1.88. The quantitative estimate of drug-likeness (QED) is 0.724. The molecule has 0 saturated heterocycles. The Morgan fingerprint density at radius 2 is 2.46 bits per heavy atom. The Balaban J connectivity index is 0.00000144. The molecule has 1 aromatic rings. The molecule has 0 saturated carbocycles. The van der Waals surface area contributed by atoms with Gasteiger partial charge in [-0.05, 0) is 6.54 Å². The third-order valence-corrected chi connectivity index (χ3v) is 1.34. The smallest absolute Gasteiger partial charge is 0.360 e. The predicted molar refractivity (Wildman–Crippen MR) is 47.8 cm³/mol. The van der Waals surface area contributed by atoms with Crippen molar-refractivity contribution in [2.45, 2.75) is 6.42 Å². The van der Waals surface area contributed by atoms with Crippen LogP contribution >= 0.6 is 12.4 Å². The molecule has 6 heteroatoms. The molecule has 5 nitrogen and oxygen atoms in total. The average molecular weight is 207 g/mol. The summed E-state index contributed by atoms with van der Waals surface area (Å²) in [5.74, 6) is 0.0971. The second kappa shape index (κ2) is 5.55. The van der Waals surface area contributed by atoms with Crippen LogP contribution in [0.3, 0.4) is 0 Å². The van der Waals surface area contributed by atoms with Gasteiger partial charge in [0.2, 0.25) is 0 Å². The maximum atomic E-state index is 10.9. The minimum atomic E-state index is -0.498. The summed E-state index contributed by atoms with van der Waals surface area (Å²) in [5, 5.41) is 3.50. The molecule has 0 aliphatic rings. The van der Waals surface area contributed by atoms with Gasteiger partial charge in [0.05, 0.1) is 7.11 Å². The van der Waals surface area contributed by atoms with Crippen LogP contribution in [0.2, 0.25) is 0 Å². The summed E-state index contributed by atoms with van der Waals surface area (Å²) in [6, 6.07) is 1.53. The number of methoxy groups -OCH3 is 1. The third-order valence-electron chi connectivity index (χ3n) is 1.34.